The zero-order valence-corrected chi connectivity index (χ0v) is 11.3. The molecule has 1 rings (SSSR count). The smallest absolute Gasteiger partial charge is 0.175 e. The number of hydrogen-bond acceptors (Lipinski definition) is 4. The Balaban J connectivity index is 2.46. The van der Waals surface area contributed by atoms with Crippen LogP contribution in [0.2, 0.25) is 0 Å². The predicted octanol–water partition coefficient (Wildman–Crippen LogP) is 1.47. The standard InChI is InChI=1S/C12H19NO3S/c1-10(2)13-8-9-16-11-4-6-12(7-5-11)17(3,14)15/h4-7,10,13H,8-9H2,1-3H3. The van der Waals surface area contributed by atoms with E-state index in [9.17, 15) is 8.42 Å². The Kier molecular flexibility index (Phi) is 4.96. The molecular formula is C12H19NO3S. The predicted molar refractivity (Wildman–Crippen MR) is 68.2 cm³/mol. The molecule has 0 bridgehead atoms. The third-order valence-corrected chi connectivity index (χ3v) is 3.30. The van der Waals surface area contributed by atoms with Gasteiger partial charge < -0.3 is 10.1 Å². The number of ether oxygens (including phenoxy) is 1. The third-order valence-electron chi connectivity index (χ3n) is 2.18. The summed E-state index contributed by atoms with van der Waals surface area (Å²) >= 11 is 0. The zero-order chi connectivity index (χ0) is 12.9. The van der Waals surface area contributed by atoms with Crippen LogP contribution in [0.3, 0.4) is 0 Å². The van der Waals surface area contributed by atoms with Crippen LogP contribution >= 0.6 is 0 Å². The molecule has 0 aromatic heterocycles. The minimum atomic E-state index is -3.12. The number of hydrogen-bond donors (Lipinski definition) is 1. The number of rotatable bonds is 6. The van der Waals surface area contributed by atoms with E-state index in [1.54, 1.807) is 24.3 Å². The summed E-state index contributed by atoms with van der Waals surface area (Å²) in [5.74, 6) is 0.683. The molecule has 5 heteroatoms. The van der Waals surface area contributed by atoms with Crippen LogP contribution in [0.5, 0.6) is 5.75 Å². The van der Waals surface area contributed by atoms with Gasteiger partial charge in [-0.2, -0.15) is 0 Å². The first-order chi connectivity index (χ1) is 7.89. The monoisotopic (exact) mass is 257 g/mol. The van der Waals surface area contributed by atoms with Crippen LogP contribution in [-0.4, -0.2) is 33.9 Å². The number of nitrogens with one attached hydrogen (secondary N) is 1. The summed E-state index contributed by atoms with van der Waals surface area (Å²) in [6, 6.07) is 6.89. The lowest BCUT2D eigenvalue weighted by Crippen LogP contribution is -2.27. The lowest BCUT2D eigenvalue weighted by molar-refractivity contribution is 0.308. The van der Waals surface area contributed by atoms with E-state index >= 15 is 0 Å². The molecule has 0 saturated heterocycles. The molecule has 0 amide bonds. The van der Waals surface area contributed by atoms with Crippen molar-refractivity contribution in [3.63, 3.8) is 0 Å². The van der Waals surface area contributed by atoms with Gasteiger partial charge in [-0.1, -0.05) is 13.8 Å². The minimum Gasteiger partial charge on any atom is -0.492 e. The van der Waals surface area contributed by atoms with E-state index in [0.717, 1.165) is 6.54 Å². The first-order valence-electron chi connectivity index (χ1n) is 5.56. The zero-order valence-electron chi connectivity index (χ0n) is 10.4. The van der Waals surface area contributed by atoms with Gasteiger partial charge in [0.25, 0.3) is 0 Å². The Morgan fingerprint density at radius 2 is 1.82 bits per heavy atom. The molecule has 0 radical (unpaired) electrons. The SMILES string of the molecule is CC(C)NCCOc1ccc(S(C)(=O)=O)cc1. The van der Waals surface area contributed by atoms with Gasteiger partial charge in [-0.3, -0.25) is 0 Å². The maximum absolute atomic E-state index is 11.2. The molecule has 0 atom stereocenters. The fraction of sp³-hybridized carbons (Fsp3) is 0.500. The van der Waals surface area contributed by atoms with Crippen molar-refractivity contribution in [3.05, 3.63) is 24.3 Å². The average molecular weight is 257 g/mol. The summed E-state index contributed by atoms with van der Waals surface area (Å²) in [5, 5.41) is 3.23. The van der Waals surface area contributed by atoms with Gasteiger partial charge in [-0.15, -0.1) is 0 Å². The quantitative estimate of drug-likeness (QED) is 0.784. The van der Waals surface area contributed by atoms with Crippen molar-refractivity contribution >= 4 is 9.84 Å². The van der Waals surface area contributed by atoms with E-state index in [-0.39, 0.29) is 0 Å². The molecule has 0 heterocycles. The second-order valence-electron chi connectivity index (χ2n) is 4.20. The second kappa shape index (κ2) is 6.02. The fourth-order valence-corrected chi connectivity index (χ4v) is 1.93. The Morgan fingerprint density at radius 3 is 2.29 bits per heavy atom. The highest BCUT2D eigenvalue weighted by atomic mass is 32.2. The molecule has 0 aliphatic heterocycles. The topological polar surface area (TPSA) is 55.4 Å². The fourth-order valence-electron chi connectivity index (χ4n) is 1.30. The molecule has 1 aromatic carbocycles. The average Bonchev–Trinajstić information content (AvgIpc) is 2.23. The van der Waals surface area contributed by atoms with Crippen LogP contribution in [0, 0.1) is 0 Å². The molecule has 0 aliphatic rings. The Hall–Kier alpha value is -1.07. The van der Waals surface area contributed by atoms with E-state index in [0.29, 0.717) is 23.3 Å². The first-order valence-corrected chi connectivity index (χ1v) is 7.45. The normalized spacial score (nSPS) is 11.8. The van der Waals surface area contributed by atoms with Gasteiger partial charge in [0, 0.05) is 18.8 Å². The van der Waals surface area contributed by atoms with Crippen molar-refractivity contribution in [2.24, 2.45) is 0 Å². The molecule has 0 aliphatic carbocycles. The van der Waals surface area contributed by atoms with Gasteiger partial charge >= 0.3 is 0 Å². The molecular weight excluding hydrogens is 238 g/mol. The van der Waals surface area contributed by atoms with Gasteiger partial charge in [-0.05, 0) is 24.3 Å². The maximum atomic E-state index is 11.2. The first kappa shape index (κ1) is 14.0. The van der Waals surface area contributed by atoms with E-state index in [1.807, 2.05) is 0 Å². The molecule has 4 nitrogen and oxygen atoms in total. The van der Waals surface area contributed by atoms with Gasteiger partial charge in [0.15, 0.2) is 9.84 Å². The summed E-state index contributed by atoms with van der Waals surface area (Å²) in [7, 11) is -3.12. The summed E-state index contributed by atoms with van der Waals surface area (Å²) in [4.78, 5) is 0.310. The minimum absolute atomic E-state index is 0.310. The highest BCUT2D eigenvalue weighted by molar-refractivity contribution is 7.90. The number of sulfone groups is 1. The van der Waals surface area contributed by atoms with Gasteiger partial charge in [0.2, 0.25) is 0 Å². The lowest BCUT2D eigenvalue weighted by Gasteiger charge is -2.09. The summed E-state index contributed by atoms with van der Waals surface area (Å²) < 4.78 is 27.9. The van der Waals surface area contributed by atoms with Crippen molar-refractivity contribution in [2.45, 2.75) is 24.8 Å². The molecule has 0 unspecified atom stereocenters. The van der Waals surface area contributed by atoms with Gasteiger partial charge in [0.1, 0.15) is 12.4 Å². The molecule has 1 aromatic rings. The van der Waals surface area contributed by atoms with Crippen LogP contribution in [0.15, 0.2) is 29.2 Å². The second-order valence-corrected chi connectivity index (χ2v) is 6.22. The summed E-state index contributed by atoms with van der Waals surface area (Å²) in [6.07, 6.45) is 1.19. The van der Waals surface area contributed by atoms with E-state index < -0.39 is 9.84 Å². The van der Waals surface area contributed by atoms with Crippen LogP contribution in [0.25, 0.3) is 0 Å². The van der Waals surface area contributed by atoms with Gasteiger partial charge in [0.05, 0.1) is 4.90 Å². The van der Waals surface area contributed by atoms with Crippen molar-refractivity contribution in [1.82, 2.24) is 5.32 Å². The molecule has 96 valence electrons. The molecule has 0 fully saturated rings. The molecule has 0 saturated carbocycles. The third kappa shape index (κ3) is 5.19. The molecule has 0 spiro atoms. The van der Waals surface area contributed by atoms with E-state index in [4.69, 9.17) is 4.74 Å². The van der Waals surface area contributed by atoms with Crippen LogP contribution in [-0.2, 0) is 9.84 Å². The Labute approximate surface area is 103 Å². The van der Waals surface area contributed by atoms with Gasteiger partial charge in [-0.25, -0.2) is 8.42 Å². The van der Waals surface area contributed by atoms with Crippen molar-refractivity contribution in [2.75, 3.05) is 19.4 Å². The summed E-state index contributed by atoms with van der Waals surface area (Å²) in [6.45, 7) is 5.48. The Morgan fingerprint density at radius 1 is 1.24 bits per heavy atom. The van der Waals surface area contributed by atoms with Crippen LogP contribution < -0.4 is 10.1 Å². The van der Waals surface area contributed by atoms with Crippen molar-refractivity contribution < 1.29 is 13.2 Å². The summed E-state index contributed by atoms with van der Waals surface area (Å²) in [5.41, 5.74) is 0. The van der Waals surface area contributed by atoms with E-state index in [1.165, 1.54) is 6.26 Å². The van der Waals surface area contributed by atoms with E-state index in [2.05, 4.69) is 19.2 Å². The van der Waals surface area contributed by atoms with Crippen LogP contribution in [0.1, 0.15) is 13.8 Å². The molecule has 17 heavy (non-hydrogen) atoms. The highest BCUT2D eigenvalue weighted by Crippen LogP contribution is 2.15. The lowest BCUT2D eigenvalue weighted by atomic mass is 10.3. The Bertz CT molecular complexity index is 437. The maximum Gasteiger partial charge on any atom is 0.175 e. The largest absolute Gasteiger partial charge is 0.492 e. The van der Waals surface area contributed by atoms with Crippen molar-refractivity contribution in [3.8, 4) is 5.75 Å². The van der Waals surface area contributed by atoms with Crippen molar-refractivity contribution in [1.29, 1.82) is 0 Å². The number of benzene rings is 1. The van der Waals surface area contributed by atoms with Crippen LogP contribution in [0.4, 0.5) is 0 Å². The highest BCUT2D eigenvalue weighted by Gasteiger charge is 2.06. The molecule has 1 N–H and O–H groups in total.